The van der Waals surface area contributed by atoms with Gasteiger partial charge in [-0.1, -0.05) is 12.2 Å². The Kier molecular flexibility index (Phi) is 3.37. The molecular formula is C8H14ClNO. The molecule has 2 N–H and O–H groups in total. The number of nitrogens with one attached hydrogen (secondary N) is 1. The third-order valence-electron chi connectivity index (χ3n) is 2.01. The molecule has 11 heavy (non-hydrogen) atoms. The molecule has 3 heteroatoms. The Morgan fingerprint density at radius 3 is 2.64 bits per heavy atom. The van der Waals surface area contributed by atoms with E-state index in [0.29, 0.717) is 5.88 Å². The topological polar surface area (TPSA) is 32.3 Å². The van der Waals surface area contributed by atoms with Crippen LogP contribution in [0, 0.1) is 0 Å². The second-order valence-corrected chi connectivity index (χ2v) is 3.25. The van der Waals surface area contributed by atoms with Crippen LogP contribution in [0.15, 0.2) is 12.2 Å². The molecule has 0 heterocycles. The molecule has 2 nitrogen and oxygen atoms in total. The van der Waals surface area contributed by atoms with E-state index in [1.165, 1.54) is 0 Å². The first-order valence-electron chi connectivity index (χ1n) is 3.90. The van der Waals surface area contributed by atoms with Gasteiger partial charge in [0.1, 0.15) is 0 Å². The van der Waals surface area contributed by atoms with Crippen molar-refractivity contribution in [3.8, 4) is 0 Å². The highest BCUT2D eigenvalue weighted by Gasteiger charge is 2.40. The van der Waals surface area contributed by atoms with Gasteiger partial charge in [0, 0.05) is 18.0 Å². The Hall–Kier alpha value is -0.0500. The van der Waals surface area contributed by atoms with Gasteiger partial charge in [0.05, 0.1) is 6.61 Å². The zero-order valence-corrected chi connectivity index (χ0v) is 7.27. The van der Waals surface area contributed by atoms with Gasteiger partial charge in [-0.05, 0) is 12.8 Å². The Balaban J connectivity index is 2.07. The fourth-order valence-corrected chi connectivity index (χ4v) is 1.09. The lowest BCUT2D eigenvalue weighted by Gasteiger charge is -2.11. The zero-order chi connectivity index (χ0) is 8.16. The molecule has 0 bridgehead atoms. The zero-order valence-electron chi connectivity index (χ0n) is 6.52. The molecule has 1 rings (SSSR count). The maximum atomic E-state index is 8.90. The minimum atomic E-state index is 0.0522. The molecule has 0 aromatic carbocycles. The molecule has 0 atom stereocenters. The van der Waals surface area contributed by atoms with E-state index in [2.05, 4.69) is 5.32 Å². The number of hydrogen-bond donors (Lipinski definition) is 2. The van der Waals surface area contributed by atoms with Crippen LogP contribution in [0.1, 0.15) is 12.8 Å². The van der Waals surface area contributed by atoms with Crippen LogP contribution < -0.4 is 5.32 Å². The van der Waals surface area contributed by atoms with Gasteiger partial charge in [0.25, 0.3) is 0 Å². The molecule has 1 saturated carbocycles. The minimum Gasteiger partial charge on any atom is -0.394 e. The molecule has 0 saturated heterocycles. The van der Waals surface area contributed by atoms with Crippen LogP contribution in [-0.2, 0) is 0 Å². The third-order valence-corrected chi connectivity index (χ3v) is 2.19. The predicted molar refractivity (Wildman–Crippen MR) is 46.9 cm³/mol. The second kappa shape index (κ2) is 4.10. The first-order valence-corrected chi connectivity index (χ1v) is 4.43. The molecule has 0 aromatic heterocycles. The summed E-state index contributed by atoms with van der Waals surface area (Å²) in [4.78, 5) is 0. The SMILES string of the molecule is OCC1(NC/C=C/CCl)CC1. The van der Waals surface area contributed by atoms with Gasteiger partial charge in [0.2, 0.25) is 0 Å². The standard InChI is InChI=1S/C8H14ClNO/c9-5-1-2-6-10-8(7-11)3-4-8/h1-2,10-11H,3-7H2/b2-1+. The van der Waals surface area contributed by atoms with Crippen molar-refractivity contribution in [2.45, 2.75) is 18.4 Å². The van der Waals surface area contributed by atoms with Crippen molar-refractivity contribution in [2.24, 2.45) is 0 Å². The summed E-state index contributed by atoms with van der Waals surface area (Å²) >= 11 is 5.44. The highest BCUT2D eigenvalue weighted by Crippen LogP contribution is 2.34. The van der Waals surface area contributed by atoms with Crippen LogP contribution in [-0.4, -0.2) is 29.7 Å². The quantitative estimate of drug-likeness (QED) is 0.481. The van der Waals surface area contributed by atoms with E-state index in [9.17, 15) is 0 Å². The van der Waals surface area contributed by atoms with Gasteiger partial charge < -0.3 is 10.4 Å². The molecule has 1 aliphatic rings. The van der Waals surface area contributed by atoms with E-state index in [4.69, 9.17) is 16.7 Å². The summed E-state index contributed by atoms with van der Waals surface area (Å²) in [6, 6.07) is 0. The van der Waals surface area contributed by atoms with Crippen LogP contribution in [0.25, 0.3) is 0 Å². The predicted octanol–water partition coefficient (Wildman–Crippen LogP) is 0.896. The first kappa shape index (κ1) is 9.04. The molecule has 0 unspecified atom stereocenters. The molecule has 64 valence electrons. The van der Waals surface area contributed by atoms with Crippen molar-refractivity contribution in [1.82, 2.24) is 5.32 Å². The largest absolute Gasteiger partial charge is 0.394 e. The van der Waals surface area contributed by atoms with Gasteiger partial charge in [-0.3, -0.25) is 0 Å². The van der Waals surface area contributed by atoms with E-state index in [-0.39, 0.29) is 12.1 Å². The van der Waals surface area contributed by atoms with E-state index in [1.807, 2.05) is 12.2 Å². The third kappa shape index (κ3) is 2.81. The molecule has 0 radical (unpaired) electrons. The van der Waals surface area contributed by atoms with Gasteiger partial charge in [0.15, 0.2) is 0 Å². The number of halogens is 1. The lowest BCUT2D eigenvalue weighted by molar-refractivity contribution is 0.234. The lowest BCUT2D eigenvalue weighted by atomic mass is 10.3. The Labute approximate surface area is 72.2 Å². The van der Waals surface area contributed by atoms with Crippen LogP contribution in [0.4, 0.5) is 0 Å². The summed E-state index contributed by atoms with van der Waals surface area (Å²) in [5, 5.41) is 12.2. The van der Waals surface area contributed by atoms with Crippen molar-refractivity contribution >= 4 is 11.6 Å². The van der Waals surface area contributed by atoms with Crippen LogP contribution in [0.5, 0.6) is 0 Å². The second-order valence-electron chi connectivity index (χ2n) is 2.95. The van der Waals surface area contributed by atoms with Crippen molar-refractivity contribution in [1.29, 1.82) is 0 Å². The molecule has 1 fully saturated rings. The number of hydrogen-bond acceptors (Lipinski definition) is 2. The fourth-order valence-electron chi connectivity index (χ4n) is 0.963. The van der Waals surface area contributed by atoms with Crippen molar-refractivity contribution < 1.29 is 5.11 Å². The number of aliphatic hydroxyl groups is 1. The molecule has 0 amide bonds. The van der Waals surface area contributed by atoms with Gasteiger partial charge in [-0.15, -0.1) is 11.6 Å². The molecule has 0 aromatic rings. The lowest BCUT2D eigenvalue weighted by Crippen LogP contribution is -2.34. The maximum Gasteiger partial charge on any atom is 0.0613 e. The Bertz CT molecular complexity index is 143. The molecule has 0 aliphatic heterocycles. The summed E-state index contributed by atoms with van der Waals surface area (Å²) in [6.07, 6.45) is 6.08. The van der Waals surface area contributed by atoms with Gasteiger partial charge in [-0.25, -0.2) is 0 Å². The van der Waals surface area contributed by atoms with Crippen molar-refractivity contribution in [2.75, 3.05) is 19.0 Å². The summed E-state index contributed by atoms with van der Waals surface area (Å²) in [5.74, 6) is 0.563. The summed E-state index contributed by atoms with van der Waals surface area (Å²) in [5.41, 5.74) is 0.0522. The van der Waals surface area contributed by atoms with Gasteiger partial charge in [-0.2, -0.15) is 0 Å². The van der Waals surface area contributed by atoms with E-state index in [1.54, 1.807) is 0 Å². The average molecular weight is 176 g/mol. The van der Waals surface area contributed by atoms with Crippen molar-refractivity contribution in [3.05, 3.63) is 12.2 Å². The Morgan fingerprint density at radius 1 is 1.45 bits per heavy atom. The normalized spacial score (nSPS) is 20.9. The molecule has 0 spiro atoms. The van der Waals surface area contributed by atoms with Gasteiger partial charge >= 0.3 is 0 Å². The average Bonchev–Trinajstić information content (AvgIpc) is 2.80. The number of allylic oxidation sites excluding steroid dienone is 1. The summed E-state index contributed by atoms with van der Waals surface area (Å²) in [6.45, 7) is 1.06. The maximum absolute atomic E-state index is 8.90. The van der Waals surface area contributed by atoms with Crippen LogP contribution in [0.2, 0.25) is 0 Å². The smallest absolute Gasteiger partial charge is 0.0613 e. The Morgan fingerprint density at radius 2 is 2.18 bits per heavy atom. The fraction of sp³-hybridized carbons (Fsp3) is 0.750. The monoisotopic (exact) mass is 175 g/mol. The molecular weight excluding hydrogens is 162 g/mol. The number of alkyl halides is 1. The summed E-state index contributed by atoms with van der Waals surface area (Å²) < 4.78 is 0. The van der Waals surface area contributed by atoms with Crippen LogP contribution >= 0.6 is 11.6 Å². The molecule has 1 aliphatic carbocycles. The van der Waals surface area contributed by atoms with E-state index in [0.717, 1.165) is 19.4 Å². The van der Waals surface area contributed by atoms with E-state index < -0.39 is 0 Å². The van der Waals surface area contributed by atoms with E-state index >= 15 is 0 Å². The summed E-state index contributed by atoms with van der Waals surface area (Å²) in [7, 11) is 0. The number of rotatable bonds is 5. The highest BCUT2D eigenvalue weighted by molar-refractivity contribution is 6.18. The highest BCUT2D eigenvalue weighted by atomic mass is 35.5. The first-order chi connectivity index (χ1) is 5.33. The number of aliphatic hydroxyl groups excluding tert-OH is 1. The van der Waals surface area contributed by atoms with Crippen molar-refractivity contribution in [3.63, 3.8) is 0 Å². The minimum absolute atomic E-state index is 0.0522. The van der Waals surface area contributed by atoms with Crippen LogP contribution in [0.3, 0.4) is 0 Å².